The van der Waals surface area contributed by atoms with Crippen LogP contribution in [0.5, 0.6) is 0 Å². The number of halogens is 1. The molecule has 0 bridgehead atoms. The van der Waals surface area contributed by atoms with Gasteiger partial charge in [0, 0.05) is 24.2 Å². The molecule has 1 amide bonds. The molecule has 0 atom stereocenters. The van der Waals surface area contributed by atoms with Crippen LogP contribution in [0.3, 0.4) is 0 Å². The first-order valence-corrected chi connectivity index (χ1v) is 8.22. The van der Waals surface area contributed by atoms with E-state index >= 15 is 0 Å². The number of carbonyl (C=O) groups is 1. The van der Waals surface area contributed by atoms with Gasteiger partial charge in [0.25, 0.3) is 0 Å². The molecule has 0 saturated heterocycles. The monoisotopic (exact) mass is 345 g/mol. The summed E-state index contributed by atoms with van der Waals surface area (Å²) in [5.41, 5.74) is 4.64. The Hall–Kier alpha value is -3.47. The van der Waals surface area contributed by atoms with Gasteiger partial charge in [0.2, 0.25) is 5.91 Å². The van der Waals surface area contributed by atoms with Gasteiger partial charge in [0.15, 0.2) is 5.65 Å². The van der Waals surface area contributed by atoms with Crippen LogP contribution in [0.25, 0.3) is 28.0 Å². The summed E-state index contributed by atoms with van der Waals surface area (Å²) in [6.07, 6.45) is 3.68. The Bertz CT molecular complexity index is 1100. The van der Waals surface area contributed by atoms with Crippen LogP contribution in [-0.4, -0.2) is 15.3 Å². The van der Waals surface area contributed by atoms with Crippen molar-refractivity contribution < 1.29 is 9.18 Å². The van der Waals surface area contributed by atoms with Gasteiger partial charge in [-0.05, 0) is 23.8 Å². The lowest BCUT2D eigenvalue weighted by Gasteiger charge is -2.11. The van der Waals surface area contributed by atoms with Crippen molar-refractivity contribution in [2.75, 3.05) is 5.32 Å². The molecule has 1 N–H and O–H groups in total. The molecule has 0 aliphatic carbocycles. The standard InChI is InChI=1S/C21H16FN3O/c1-14(26)24-19-11-17(16-8-5-9-18(22)10-16)13-25-20(12-23-21(19)25)15-6-3-2-4-7-15/h2-13H,1H3,(H,24,26). The van der Waals surface area contributed by atoms with Crippen LogP contribution in [0.4, 0.5) is 10.1 Å². The number of hydrogen-bond donors (Lipinski definition) is 1. The van der Waals surface area contributed by atoms with Gasteiger partial charge < -0.3 is 5.32 Å². The van der Waals surface area contributed by atoms with E-state index in [9.17, 15) is 9.18 Å². The van der Waals surface area contributed by atoms with Crippen LogP contribution in [0, 0.1) is 5.82 Å². The molecule has 4 nitrogen and oxygen atoms in total. The zero-order chi connectivity index (χ0) is 18.1. The molecule has 2 heterocycles. The molecule has 2 aromatic carbocycles. The average molecular weight is 345 g/mol. The molecule has 4 aromatic rings. The van der Waals surface area contributed by atoms with Crippen LogP contribution in [0.15, 0.2) is 73.1 Å². The lowest BCUT2D eigenvalue weighted by molar-refractivity contribution is -0.114. The third kappa shape index (κ3) is 2.95. The van der Waals surface area contributed by atoms with E-state index in [0.717, 1.165) is 22.4 Å². The third-order valence-corrected chi connectivity index (χ3v) is 4.14. The molecule has 0 aliphatic heterocycles. The maximum Gasteiger partial charge on any atom is 0.221 e. The fourth-order valence-electron chi connectivity index (χ4n) is 3.02. The van der Waals surface area contributed by atoms with Crippen LogP contribution in [-0.2, 0) is 4.79 Å². The van der Waals surface area contributed by atoms with E-state index in [0.29, 0.717) is 11.3 Å². The first-order chi connectivity index (χ1) is 12.6. The van der Waals surface area contributed by atoms with E-state index < -0.39 is 0 Å². The third-order valence-electron chi connectivity index (χ3n) is 4.14. The topological polar surface area (TPSA) is 46.4 Å². The summed E-state index contributed by atoms with van der Waals surface area (Å²) in [7, 11) is 0. The second-order valence-electron chi connectivity index (χ2n) is 6.04. The quantitative estimate of drug-likeness (QED) is 0.581. The van der Waals surface area contributed by atoms with Crippen molar-refractivity contribution in [3.63, 3.8) is 0 Å². The molecular weight excluding hydrogens is 329 g/mol. The molecule has 0 fully saturated rings. The number of benzene rings is 2. The van der Waals surface area contributed by atoms with E-state index in [1.54, 1.807) is 12.3 Å². The van der Waals surface area contributed by atoms with Gasteiger partial charge in [-0.1, -0.05) is 42.5 Å². The number of imidazole rings is 1. The summed E-state index contributed by atoms with van der Waals surface area (Å²) in [5, 5.41) is 2.82. The average Bonchev–Trinajstić information content (AvgIpc) is 3.06. The van der Waals surface area contributed by atoms with Crippen molar-refractivity contribution in [2.24, 2.45) is 0 Å². The van der Waals surface area contributed by atoms with E-state index in [2.05, 4.69) is 10.3 Å². The second kappa shape index (κ2) is 6.44. The molecular formula is C21H16FN3O. The maximum absolute atomic E-state index is 13.7. The number of amides is 1. The molecule has 0 radical (unpaired) electrons. The zero-order valence-corrected chi connectivity index (χ0v) is 14.1. The predicted octanol–water partition coefficient (Wildman–Crippen LogP) is 4.77. The number of aromatic nitrogens is 2. The Morgan fingerprint density at radius 1 is 1.00 bits per heavy atom. The molecule has 5 heteroatoms. The van der Waals surface area contributed by atoms with Gasteiger partial charge in [0.1, 0.15) is 5.82 Å². The zero-order valence-electron chi connectivity index (χ0n) is 14.1. The number of nitrogens with zero attached hydrogens (tertiary/aromatic N) is 2. The van der Waals surface area contributed by atoms with Gasteiger partial charge in [-0.2, -0.15) is 0 Å². The molecule has 128 valence electrons. The number of rotatable bonds is 3. The minimum atomic E-state index is -0.308. The summed E-state index contributed by atoms with van der Waals surface area (Å²) in [6, 6.07) is 18.1. The number of pyridine rings is 1. The Balaban J connectivity index is 1.97. The Morgan fingerprint density at radius 3 is 2.50 bits per heavy atom. The number of carbonyl (C=O) groups excluding carboxylic acids is 1. The normalized spacial score (nSPS) is 10.8. The highest BCUT2D eigenvalue weighted by molar-refractivity contribution is 5.94. The highest BCUT2D eigenvalue weighted by Gasteiger charge is 2.13. The van der Waals surface area contributed by atoms with Crippen LogP contribution >= 0.6 is 0 Å². The van der Waals surface area contributed by atoms with Crippen molar-refractivity contribution in [3.8, 4) is 22.4 Å². The van der Waals surface area contributed by atoms with Gasteiger partial charge in [-0.3, -0.25) is 9.20 Å². The van der Waals surface area contributed by atoms with Crippen LogP contribution in [0.1, 0.15) is 6.92 Å². The summed E-state index contributed by atoms with van der Waals surface area (Å²) in [6.45, 7) is 1.45. The van der Waals surface area contributed by atoms with Crippen molar-refractivity contribution >= 4 is 17.2 Å². The van der Waals surface area contributed by atoms with Crippen molar-refractivity contribution in [1.82, 2.24) is 9.38 Å². The molecule has 0 aliphatic rings. The van der Waals surface area contributed by atoms with Gasteiger partial charge in [0.05, 0.1) is 17.6 Å². The second-order valence-corrected chi connectivity index (χ2v) is 6.04. The summed E-state index contributed by atoms with van der Waals surface area (Å²) in [5.74, 6) is -0.495. The SMILES string of the molecule is CC(=O)Nc1cc(-c2cccc(F)c2)cn2c(-c3ccccc3)cnc12. The summed E-state index contributed by atoms with van der Waals surface area (Å²) in [4.78, 5) is 16.1. The van der Waals surface area contributed by atoms with E-state index in [4.69, 9.17) is 0 Å². The molecule has 0 saturated carbocycles. The summed E-state index contributed by atoms with van der Waals surface area (Å²) >= 11 is 0. The largest absolute Gasteiger partial charge is 0.323 e. The molecule has 2 aromatic heterocycles. The molecule has 0 spiro atoms. The fraction of sp³-hybridized carbons (Fsp3) is 0.0476. The highest BCUT2D eigenvalue weighted by Crippen LogP contribution is 2.30. The smallest absolute Gasteiger partial charge is 0.221 e. The minimum Gasteiger partial charge on any atom is -0.323 e. The number of anilines is 1. The van der Waals surface area contributed by atoms with Crippen molar-refractivity contribution in [2.45, 2.75) is 6.92 Å². The minimum absolute atomic E-state index is 0.187. The van der Waals surface area contributed by atoms with E-state index in [-0.39, 0.29) is 11.7 Å². The highest BCUT2D eigenvalue weighted by atomic mass is 19.1. The fourth-order valence-corrected chi connectivity index (χ4v) is 3.02. The Morgan fingerprint density at radius 2 is 1.77 bits per heavy atom. The van der Waals surface area contributed by atoms with E-state index in [1.807, 2.05) is 53.1 Å². The Kier molecular flexibility index (Phi) is 3.97. The number of nitrogens with one attached hydrogen (secondary N) is 1. The van der Waals surface area contributed by atoms with Crippen LogP contribution < -0.4 is 5.32 Å². The molecule has 4 rings (SSSR count). The molecule has 0 unspecified atom stereocenters. The van der Waals surface area contributed by atoms with E-state index in [1.165, 1.54) is 19.1 Å². The lowest BCUT2D eigenvalue weighted by Crippen LogP contribution is -2.08. The first kappa shape index (κ1) is 16.0. The van der Waals surface area contributed by atoms with Gasteiger partial charge in [-0.15, -0.1) is 0 Å². The first-order valence-electron chi connectivity index (χ1n) is 8.22. The Labute approximate surface area is 149 Å². The predicted molar refractivity (Wildman–Crippen MR) is 100 cm³/mol. The van der Waals surface area contributed by atoms with Crippen LogP contribution in [0.2, 0.25) is 0 Å². The number of hydrogen-bond acceptors (Lipinski definition) is 2. The molecule has 26 heavy (non-hydrogen) atoms. The van der Waals surface area contributed by atoms with Gasteiger partial charge >= 0.3 is 0 Å². The van der Waals surface area contributed by atoms with Gasteiger partial charge in [-0.25, -0.2) is 9.37 Å². The summed E-state index contributed by atoms with van der Waals surface area (Å²) < 4.78 is 15.6. The lowest BCUT2D eigenvalue weighted by atomic mass is 10.1. The maximum atomic E-state index is 13.7. The van der Waals surface area contributed by atoms with Crippen molar-refractivity contribution in [1.29, 1.82) is 0 Å². The van der Waals surface area contributed by atoms with Crippen molar-refractivity contribution in [3.05, 3.63) is 78.9 Å². The number of fused-ring (bicyclic) bond motifs is 1.